The third kappa shape index (κ3) is 19.2. The smallest absolute Gasteiger partial charge is 0.220 e. The number of rotatable bonds is 20. The highest BCUT2D eigenvalue weighted by molar-refractivity contribution is 5.76. The molecule has 0 spiro atoms. The largest absolute Gasteiger partial charge is 0.386 e. The quantitative estimate of drug-likeness (QED) is 0.240. The number of hydrogen-bond acceptors (Lipinski definition) is 6. The van der Waals surface area contributed by atoms with Crippen LogP contribution in [0.15, 0.2) is 12.3 Å². The fourth-order valence-corrected chi connectivity index (χ4v) is 2.26. The summed E-state index contributed by atoms with van der Waals surface area (Å²) in [5.41, 5.74) is 11.7. The van der Waals surface area contributed by atoms with E-state index in [0.717, 1.165) is 77.1 Å². The molecule has 0 fully saturated rings. The normalized spacial score (nSPS) is 10.7. The zero-order chi connectivity index (χ0) is 19.3. The van der Waals surface area contributed by atoms with E-state index in [1.165, 1.54) is 0 Å². The molecule has 0 radical (unpaired) electrons. The standard InChI is InChI=1S/C19H40N4O3/c1-18(22-12-16-25-14-6-2-4-10-20)8-9-19(24)23-13-17-26-15-7-3-5-11-21/h22H,1-17,20-21H2,(H,23,24). The monoisotopic (exact) mass is 372 g/mol. The Hall–Kier alpha value is -1.15. The predicted molar refractivity (Wildman–Crippen MR) is 107 cm³/mol. The van der Waals surface area contributed by atoms with Gasteiger partial charge in [-0.05, 0) is 58.0 Å². The van der Waals surface area contributed by atoms with Gasteiger partial charge in [-0.1, -0.05) is 6.58 Å². The lowest BCUT2D eigenvalue weighted by molar-refractivity contribution is -0.121. The van der Waals surface area contributed by atoms with Crippen LogP contribution in [0.25, 0.3) is 0 Å². The second-order valence-electron chi connectivity index (χ2n) is 6.30. The Balaban J connectivity index is 3.33. The van der Waals surface area contributed by atoms with E-state index in [9.17, 15) is 4.79 Å². The van der Waals surface area contributed by atoms with E-state index in [0.29, 0.717) is 32.6 Å². The van der Waals surface area contributed by atoms with Crippen molar-refractivity contribution in [3.8, 4) is 0 Å². The van der Waals surface area contributed by atoms with E-state index in [1.54, 1.807) is 0 Å². The Morgan fingerprint density at radius 1 is 0.731 bits per heavy atom. The van der Waals surface area contributed by atoms with Crippen molar-refractivity contribution in [3.63, 3.8) is 0 Å². The summed E-state index contributed by atoms with van der Waals surface area (Å²) in [5, 5.41) is 6.04. The van der Waals surface area contributed by atoms with Gasteiger partial charge in [-0.15, -0.1) is 0 Å². The summed E-state index contributed by atoms with van der Waals surface area (Å²) < 4.78 is 11.0. The van der Waals surface area contributed by atoms with Crippen LogP contribution in [-0.4, -0.2) is 58.5 Å². The molecule has 0 aliphatic carbocycles. The third-order valence-electron chi connectivity index (χ3n) is 3.83. The highest BCUT2D eigenvalue weighted by Gasteiger charge is 2.02. The van der Waals surface area contributed by atoms with E-state index in [4.69, 9.17) is 20.9 Å². The van der Waals surface area contributed by atoms with Crippen molar-refractivity contribution in [1.82, 2.24) is 10.6 Å². The molecule has 0 saturated heterocycles. The van der Waals surface area contributed by atoms with Crippen molar-refractivity contribution in [1.29, 1.82) is 0 Å². The Morgan fingerprint density at radius 2 is 1.27 bits per heavy atom. The molecule has 0 aliphatic heterocycles. The van der Waals surface area contributed by atoms with Gasteiger partial charge in [-0.3, -0.25) is 4.79 Å². The Labute approximate surface area is 159 Å². The second-order valence-corrected chi connectivity index (χ2v) is 6.30. The summed E-state index contributed by atoms with van der Waals surface area (Å²) in [7, 11) is 0. The van der Waals surface area contributed by atoms with Crippen molar-refractivity contribution < 1.29 is 14.3 Å². The van der Waals surface area contributed by atoms with Crippen LogP contribution in [0.3, 0.4) is 0 Å². The SMILES string of the molecule is C=C(CCC(=O)NCCOCCCCCN)NCCOCCCCCN. The van der Waals surface area contributed by atoms with E-state index in [-0.39, 0.29) is 5.91 Å². The molecule has 0 unspecified atom stereocenters. The topological polar surface area (TPSA) is 112 Å². The highest BCUT2D eigenvalue weighted by atomic mass is 16.5. The lowest BCUT2D eigenvalue weighted by Gasteiger charge is -2.10. The third-order valence-corrected chi connectivity index (χ3v) is 3.83. The Morgan fingerprint density at radius 3 is 1.81 bits per heavy atom. The van der Waals surface area contributed by atoms with E-state index in [1.807, 2.05) is 0 Å². The molecule has 0 heterocycles. The van der Waals surface area contributed by atoms with Crippen LogP contribution in [-0.2, 0) is 14.3 Å². The van der Waals surface area contributed by atoms with Crippen LogP contribution in [0.1, 0.15) is 51.4 Å². The molecule has 26 heavy (non-hydrogen) atoms. The molecule has 0 aliphatic rings. The summed E-state index contributed by atoms with van der Waals surface area (Å²) in [6.07, 6.45) is 7.44. The molecule has 7 heteroatoms. The number of hydrogen-bond donors (Lipinski definition) is 4. The molecule has 0 atom stereocenters. The minimum Gasteiger partial charge on any atom is -0.386 e. The maximum Gasteiger partial charge on any atom is 0.220 e. The number of carbonyl (C=O) groups is 1. The van der Waals surface area contributed by atoms with Crippen LogP contribution in [0.4, 0.5) is 0 Å². The Bertz CT molecular complexity index is 309. The summed E-state index contributed by atoms with van der Waals surface area (Å²) >= 11 is 0. The number of nitrogens with two attached hydrogens (primary N) is 2. The number of ether oxygens (including phenoxy) is 2. The first-order chi connectivity index (χ1) is 12.7. The summed E-state index contributed by atoms with van der Waals surface area (Å²) in [6, 6.07) is 0. The number of amides is 1. The van der Waals surface area contributed by atoms with Gasteiger partial charge in [0.05, 0.1) is 13.2 Å². The van der Waals surface area contributed by atoms with Crippen LogP contribution in [0.5, 0.6) is 0 Å². The molecule has 0 aromatic carbocycles. The molecule has 0 aromatic heterocycles. The molecule has 1 amide bonds. The number of unbranched alkanes of at least 4 members (excludes halogenated alkanes) is 4. The Kier molecular flexibility index (Phi) is 19.3. The maximum atomic E-state index is 11.7. The lowest BCUT2D eigenvalue weighted by Crippen LogP contribution is -2.28. The van der Waals surface area contributed by atoms with Gasteiger partial charge in [0, 0.05) is 38.4 Å². The summed E-state index contributed by atoms with van der Waals surface area (Å²) in [4.78, 5) is 11.7. The number of nitrogens with one attached hydrogen (secondary N) is 2. The van der Waals surface area contributed by atoms with Crippen LogP contribution < -0.4 is 22.1 Å². The first-order valence-corrected chi connectivity index (χ1v) is 9.94. The number of allylic oxidation sites excluding steroid dienone is 1. The van der Waals surface area contributed by atoms with Crippen molar-refractivity contribution in [2.24, 2.45) is 11.5 Å². The zero-order valence-electron chi connectivity index (χ0n) is 16.4. The van der Waals surface area contributed by atoms with Gasteiger partial charge in [0.15, 0.2) is 0 Å². The lowest BCUT2D eigenvalue weighted by atomic mass is 10.2. The molecule has 0 bridgehead atoms. The number of carbonyl (C=O) groups excluding carboxylic acids is 1. The molecule has 0 rings (SSSR count). The minimum atomic E-state index is 0.0239. The van der Waals surface area contributed by atoms with E-state index in [2.05, 4.69) is 17.2 Å². The predicted octanol–water partition coefficient (Wildman–Crippen LogP) is 1.28. The van der Waals surface area contributed by atoms with Gasteiger partial charge in [-0.25, -0.2) is 0 Å². The molecule has 0 saturated carbocycles. The van der Waals surface area contributed by atoms with Crippen LogP contribution >= 0.6 is 0 Å². The van der Waals surface area contributed by atoms with E-state index < -0.39 is 0 Å². The first-order valence-electron chi connectivity index (χ1n) is 9.94. The highest BCUT2D eigenvalue weighted by Crippen LogP contribution is 1.99. The fraction of sp³-hybridized carbons (Fsp3) is 0.842. The minimum absolute atomic E-state index is 0.0239. The maximum absolute atomic E-state index is 11.7. The van der Waals surface area contributed by atoms with Gasteiger partial charge in [-0.2, -0.15) is 0 Å². The van der Waals surface area contributed by atoms with Gasteiger partial charge < -0.3 is 31.6 Å². The van der Waals surface area contributed by atoms with Gasteiger partial charge >= 0.3 is 0 Å². The van der Waals surface area contributed by atoms with Crippen molar-refractivity contribution in [2.45, 2.75) is 51.4 Å². The van der Waals surface area contributed by atoms with Gasteiger partial charge in [0.25, 0.3) is 0 Å². The molecular weight excluding hydrogens is 332 g/mol. The average Bonchev–Trinajstić information content (AvgIpc) is 2.64. The first kappa shape index (κ1) is 24.8. The van der Waals surface area contributed by atoms with E-state index >= 15 is 0 Å². The molecule has 0 aromatic rings. The van der Waals surface area contributed by atoms with Crippen molar-refractivity contribution >= 4 is 5.91 Å². The zero-order valence-corrected chi connectivity index (χ0v) is 16.4. The average molecular weight is 373 g/mol. The molecule has 7 nitrogen and oxygen atoms in total. The second kappa shape index (κ2) is 20.2. The van der Waals surface area contributed by atoms with Crippen molar-refractivity contribution in [3.05, 3.63) is 12.3 Å². The summed E-state index contributed by atoms with van der Waals surface area (Å²) in [5.74, 6) is 0.0239. The summed E-state index contributed by atoms with van der Waals surface area (Å²) in [6.45, 7) is 9.38. The molecule has 154 valence electrons. The van der Waals surface area contributed by atoms with Gasteiger partial charge in [0.1, 0.15) is 0 Å². The van der Waals surface area contributed by atoms with Crippen molar-refractivity contribution in [2.75, 3.05) is 52.6 Å². The van der Waals surface area contributed by atoms with Gasteiger partial charge in [0.2, 0.25) is 5.91 Å². The van der Waals surface area contributed by atoms with Crippen LogP contribution in [0.2, 0.25) is 0 Å². The fourth-order valence-electron chi connectivity index (χ4n) is 2.26. The molecule has 6 N–H and O–H groups in total. The van der Waals surface area contributed by atoms with Crippen LogP contribution in [0, 0.1) is 0 Å². The molecular formula is C19H40N4O3.